The van der Waals surface area contributed by atoms with E-state index in [1.807, 2.05) is 0 Å². The Labute approximate surface area is 116 Å². The van der Waals surface area contributed by atoms with Gasteiger partial charge in [0.25, 0.3) is 0 Å². The molecule has 4 nitrogen and oxygen atoms in total. The molecule has 101 valence electrons. The molecular weight excluding hydrogens is 235 g/mol. The SMILES string of the molecule is CCCCn1cc[n+]([B][n+]2ccn(CCCC)c2)c1. The highest BCUT2D eigenvalue weighted by Gasteiger charge is 2.15. The molecule has 0 saturated heterocycles. The molecule has 0 aliphatic heterocycles. The first kappa shape index (κ1) is 13.9. The minimum Gasteiger partial charge on any atom is -0.256 e. The third-order valence-corrected chi connectivity index (χ3v) is 3.23. The Bertz CT molecular complexity index is 445. The maximum absolute atomic E-state index is 2.23. The second kappa shape index (κ2) is 7.17. The number of hydrogen-bond acceptors (Lipinski definition) is 0. The molecule has 2 rings (SSSR count). The van der Waals surface area contributed by atoms with Gasteiger partial charge < -0.3 is 0 Å². The molecule has 0 amide bonds. The van der Waals surface area contributed by atoms with E-state index in [9.17, 15) is 0 Å². The van der Waals surface area contributed by atoms with Gasteiger partial charge in [0.2, 0.25) is 12.7 Å². The normalized spacial score (nSPS) is 10.8. The van der Waals surface area contributed by atoms with Gasteiger partial charge in [-0.25, -0.2) is 9.13 Å². The van der Waals surface area contributed by atoms with Gasteiger partial charge in [0.05, 0.1) is 13.1 Å². The van der Waals surface area contributed by atoms with Crippen LogP contribution >= 0.6 is 0 Å². The zero-order chi connectivity index (χ0) is 13.5. The van der Waals surface area contributed by atoms with E-state index in [1.165, 1.54) is 25.7 Å². The number of aryl methyl sites for hydroxylation is 2. The van der Waals surface area contributed by atoms with Crippen LogP contribution in [0.5, 0.6) is 0 Å². The average Bonchev–Trinajstić information content (AvgIpc) is 3.04. The van der Waals surface area contributed by atoms with Crippen LogP contribution in [0, 0.1) is 0 Å². The number of hydrogen-bond donors (Lipinski definition) is 0. The van der Waals surface area contributed by atoms with Crippen LogP contribution in [0.4, 0.5) is 0 Å². The molecule has 2 aromatic heterocycles. The van der Waals surface area contributed by atoms with Gasteiger partial charge in [-0.2, -0.15) is 0 Å². The van der Waals surface area contributed by atoms with Crippen molar-refractivity contribution in [2.75, 3.05) is 0 Å². The van der Waals surface area contributed by atoms with Crippen LogP contribution in [0.25, 0.3) is 0 Å². The summed E-state index contributed by atoms with van der Waals surface area (Å²) in [5.41, 5.74) is 0. The minimum atomic E-state index is 1.10. The van der Waals surface area contributed by atoms with Crippen molar-refractivity contribution < 1.29 is 8.96 Å². The van der Waals surface area contributed by atoms with Crippen molar-refractivity contribution in [3.05, 3.63) is 37.4 Å². The molecule has 2 heterocycles. The Kier molecular flexibility index (Phi) is 5.25. The third kappa shape index (κ3) is 4.26. The first-order chi connectivity index (χ1) is 9.31. The van der Waals surface area contributed by atoms with Crippen LogP contribution in [-0.4, -0.2) is 16.7 Å². The smallest absolute Gasteiger partial charge is 0.256 e. The second-order valence-electron chi connectivity index (χ2n) is 5.02. The molecule has 0 N–H and O–H groups in total. The summed E-state index contributed by atoms with van der Waals surface area (Å²) in [6.07, 6.45) is 17.6. The number of aromatic nitrogens is 4. The van der Waals surface area contributed by atoms with E-state index in [4.69, 9.17) is 0 Å². The van der Waals surface area contributed by atoms with Crippen LogP contribution in [0.3, 0.4) is 0 Å². The van der Waals surface area contributed by atoms with Gasteiger partial charge in [-0.05, 0) is 12.8 Å². The van der Waals surface area contributed by atoms with Crippen LogP contribution < -0.4 is 8.96 Å². The Morgan fingerprint density at radius 2 is 1.32 bits per heavy atom. The van der Waals surface area contributed by atoms with E-state index in [0.29, 0.717) is 0 Å². The van der Waals surface area contributed by atoms with Gasteiger partial charge in [-0.1, -0.05) is 26.7 Å². The van der Waals surface area contributed by atoms with Crippen molar-refractivity contribution in [2.45, 2.75) is 52.6 Å². The molecule has 0 saturated carbocycles. The molecule has 0 aliphatic carbocycles. The molecule has 2 aromatic rings. The summed E-state index contributed by atoms with van der Waals surface area (Å²) < 4.78 is 8.66. The lowest BCUT2D eigenvalue weighted by molar-refractivity contribution is -0.659. The fourth-order valence-electron chi connectivity index (χ4n) is 2.06. The molecule has 0 atom stereocenters. The van der Waals surface area contributed by atoms with Gasteiger partial charge in [0, 0.05) is 0 Å². The predicted octanol–water partition coefficient (Wildman–Crippen LogP) is 1.40. The summed E-state index contributed by atoms with van der Waals surface area (Å²) in [6.45, 7) is 6.64. The Morgan fingerprint density at radius 3 is 1.74 bits per heavy atom. The summed E-state index contributed by atoms with van der Waals surface area (Å²) in [4.78, 5) is 0. The van der Waals surface area contributed by atoms with Gasteiger partial charge in [0.1, 0.15) is 24.8 Å². The topological polar surface area (TPSA) is 17.6 Å². The molecule has 0 spiro atoms. The predicted molar refractivity (Wildman–Crippen MR) is 75.6 cm³/mol. The Morgan fingerprint density at radius 1 is 0.842 bits per heavy atom. The summed E-state index contributed by atoms with van der Waals surface area (Å²) in [5.74, 6) is 0. The Hall–Kier alpha value is -1.52. The fourth-order valence-corrected chi connectivity index (χ4v) is 2.06. The third-order valence-electron chi connectivity index (χ3n) is 3.23. The summed E-state index contributed by atoms with van der Waals surface area (Å²) in [6, 6.07) is 0. The van der Waals surface area contributed by atoms with Crippen LogP contribution in [0.1, 0.15) is 39.5 Å². The molecule has 0 aliphatic rings. The first-order valence-electron chi connectivity index (χ1n) is 7.30. The summed E-state index contributed by atoms with van der Waals surface area (Å²) in [5, 5.41) is 0. The zero-order valence-corrected chi connectivity index (χ0v) is 12.1. The van der Waals surface area contributed by atoms with Gasteiger partial charge in [-0.3, -0.25) is 8.96 Å². The first-order valence-corrected chi connectivity index (χ1v) is 7.30. The van der Waals surface area contributed by atoms with Crippen molar-refractivity contribution in [1.29, 1.82) is 0 Å². The maximum atomic E-state index is 2.23. The lowest BCUT2D eigenvalue weighted by atomic mass is 10.2. The van der Waals surface area contributed by atoms with Gasteiger partial charge >= 0.3 is 7.55 Å². The van der Waals surface area contributed by atoms with Gasteiger partial charge in [0.15, 0.2) is 0 Å². The molecule has 1 radical (unpaired) electrons. The van der Waals surface area contributed by atoms with Crippen molar-refractivity contribution in [3.63, 3.8) is 0 Å². The highest BCUT2D eigenvalue weighted by molar-refractivity contribution is 6.11. The van der Waals surface area contributed by atoms with Crippen molar-refractivity contribution in [2.24, 2.45) is 0 Å². The molecule has 0 aromatic carbocycles. The monoisotopic (exact) mass is 259 g/mol. The van der Waals surface area contributed by atoms with E-state index in [1.54, 1.807) is 0 Å². The number of unbranched alkanes of at least 4 members (excludes halogenated alkanes) is 2. The second-order valence-corrected chi connectivity index (χ2v) is 5.02. The lowest BCUT2D eigenvalue weighted by Gasteiger charge is -1.92. The van der Waals surface area contributed by atoms with Crippen LogP contribution in [0.2, 0.25) is 0 Å². The molecule has 0 unspecified atom stereocenters. The largest absolute Gasteiger partial charge is 0.699 e. The molecule has 5 heteroatoms. The molecule has 19 heavy (non-hydrogen) atoms. The average molecular weight is 259 g/mol. The molecular formula is C14H24BN4+2. The van der Waals surface area contributed by atoms with Crippen LogP contribution in [0.15, 0.2) is 37.4 Å². The van der Waals surface area contributed by atoms with E-state index in [2.05, 4.69) is 76.9 Å². The number of imidazole rings is 2. The molecule has 0 fully saturated rings. The minimum absolute atomic E-state index is 1.10. The van der Waals surface area contributed by atoms with E-state index in [0.717, 1.165) is 13.1 Å². The highest BCUT2D eigenvalue weighted by Crippen LogP contribution is 1.93. The van der Waals surface area contributed by atoms with Crippen molar-refractivity contribution >= 4 is 7.55 Å². The summed E-state index contributed by atoms with van der Waals surface area (Å²) in [7, 11) is 2.09. The maximum Gasteiger partial charge on any atom is 0.699 e. The Balaban J connectivity index is 1.89. The zero-order valence-electron chi connectivity index (χ0n) is 12.1. The number of rotatable bonds is 8. The van der Waals surface area contributed by atoms with E-state index >= 15 is 0 Å². The van der Waals surface area contributed by atoms with Crippen molar-refractivity contribution in [3.8, 4) is 0 Å². The molecule has 0 bridgehead atoms. The summed E-state index contributed by atoms with van der Waals surface area (Å²) >= 11 is 0. The van der Waals surface area contributed by atoms with Crippen molar-refractivity contribution in [1.82, 2.24) is 9.13 Å². The number of nitrogens with zero attached hydrogens (tertiary/aromatic N) is 4. The highest BCUT2D eigenvalue weighted by atomic mass is 15.1. The fraction of sp³-hybridized carbons (Fsp3) is 0.571. The quantitative estimate of drug-likeness (QED) is 0.638. The van der Waals surface area contributed by atoms with Crippen LogP contribution in [-0.2, 0) is 13.1 Å². The van der Waals surface area contributed by atoms with Gasteiger partial charge in [-0.15, -0.1) is 0 Å². The standard InChI is InChI=1S/C14H24BN4/c1-3-5-7-16-9-11-18(13-16)15-19-12-10-17(14-19)8-6-4-2/h9-14H,3-8H2,1-2H3/q+2. The lowest BCUT2D eigenvalue weighted by Crippen LogP contribution is -2.57. The van der Waals surface area contributed by atoms with E-state index < -0.39 is 0 Å². The van der Waals surface area contributed by atoms with E-state index in [-0.39, 0.29) is 0 Å².